The number of hydrogen-bond donors (Lipinski definition) is 1. The van der Waals surface area contributed by atoms with Crippen molar-refractivity contribution in [1.82, 2.24) is 0 Å². The highest BCUT2D eigenvalue weighted by atomic mass is 35.5. The summed E-state index contributed by atoms with van der Waals surface area (Å²) in [7, 11) is 1.54. The first-order valence-electron chi connectivity index (χ1n) is 9.01. The molecule has 1 N–H and O–H groups in total. The Kier molecular flexibility index (Phi) is 6.74. The fraction of sp³-hybridized carbons (Fsp3) is 0.0833. The van der Waals surface area contributed by atoms with E-state index in [2.05, 4.69) is 6.07 Å². The molecule has 3 rings (SSSR count). The monoisotopic (exact) mass is 419 g/mol. The first-order chi connectivity index (χ1) is 14.5. The number of aromatic carboxylic acids is 1. The Bertz CT molecular complexity index is 1110. The van der Waals surface area contributed by atoms with Crippen LogP contribution in [0.25, 0.3) is 11.6 Å². The van der Waals surface area contributed by atoms with Crippen molar-refractivity contribution >= 4 is 29.2 Å². The van der Waals surface area contributed by atoms with Gasteiger partial charge < -0.3 is 14.6 Å². The summed E-state index contributed by atoms with van der Waals surface area (Å²) < 4.78 is 11.3. The average molecular weight is 420 g/mol. The van der Waals surface area contributed by atoms with Crippen LogP contribution in [-0.2, 0) is 6.61 Å². The lowest BCUT2D eigenvalue weighted by atomic mass is 10.0. The van der Waals surface area contributed by atoms with Gasteiger partial charge in [-0.1, -0.05) is 41.9 Å². The van der Waals surface area contributed by atoms with E-state index in [1.807, 2.05) is 6.07 Å². The highest BCUT2D eigenvalue weighted by Gasteiger charge is 2.08. The fourth-order valence-electron chi connectivity index (χ4n) is 2.77. The van der Waals surface area contributed by atoms with Crippen molar-refractivity contribution in [3.05, 3.63) is 94.0 Å². The molecule has 0 fully saturated rings. The predicted molar refractivity (Wildman–Crippen MR) is 116 cm³/mol. The number of rotatable bonds is 7. The summed E-state index contributed by atoms with van der Waals surface area (Å²) in [6, 6.07) is 21.1. The number of allylic oxidation sites excluding steroid dienone is 1. The maximum absolute atomic E-state index is 10.9. The number of hydrogen-bond acceptors (Lipinski definition) is 4. The summed E-state index contributed by atoms with van der Waals surface area (Å²) in [4.78, 5) is 10.9. The van der Waals surface area contributed by atoms with Crippen LogP contribution in [0.1, 0.15) is 27.0 Å². The number of benzene rings is 3. The molecule has 0 unspecified atom stereocenters. The zero-order chi connectivity index (χ0) is 21.5. The zero-order valence-corrected chi connectivity index (χ0v) is 16.9. The molecule has 0 heterocycles. The van der Waals surface area contributed by atoms with E-state index in [0.29, 0.717) is 22.1 Å². The van der Waals surface area contributed by atoms with Crippen LogP contribution in [0.5, 0.6) is 11.5 Å². The molecule has 0 saturated carbocycles. The van der Waals surface area contributed by atoms with Crippen LogP contribution in [0.3, 0.4) is 0 Å². The first kappa shape index (κ1) is 21.0. The summed E-state index contributed by atoms with van der Waals surface area (Å²) in [5.41, 5.74) is 3.12. The maximum Gasteiger partial charge on any atom is 0.335 e. The number of ether oxygens (including phenoxy) is 2. The van der Waals surface area contributed by atoms with Gasteiger partial charge in [-0.25, -0.2) is 4.79 Å². The number of carbonyl (C=O) groups is 1. The van der Waals surface area contributed by atoms with Gasteiger partial charge in [0.15, 0.2) is 11.5 Å². The SMILES string of the molecule is COc1cc(/C=C(\C#N)c2ccc(Cl)cc2)ccc1OCc1ccc(C(=O)O)cc1. The molecule has 0 aliphatic carbocycles. The Morgan fingerprint density at radius 3 is 2.30 bits per heavy atom. The zero-order valence-electron chi connectivity index (χ0n) is 16.1. The normalized spacial score (nSPS) is 10.9. The van der Waals surface area contributed by atoms with Crippen LogP contribution in [0.4, 0.5) is 0 Å². The smallest absolute Gasteiger partial charge is 0.335 e. The number of nitriles is 1. The number of carboxylic acids is 1. The van der Waals surface area contributed by atoms with Gasteiger partial charge in [0.2, 0.25) is 0 Å². The van der Waals surface area contributed by atoms with E-state index in [-0.39, 0.29) is 12.2 Å². The minimum Gasteiger partial charge on any atom is -0.493 e. The molecule has 0 radical (unpaired) electrons. The summed E-state index contributed by atoms with van der Waals surface area (Å²) in [6.07, 6.45) is 1.76. The molecule has 3 aromatic carbocycles. The predicted octanol–water partition coefficient (Wildman–Crippen LogP) is 5.69. The van der Waals surface area contributed by atoms with Gasteiger partial charge in [-0.15, -0.1) is 0 Å². The van der Waals surface area contributed by atoms with Crippen molar-refractivity contribution in [2.45, 2.75) is 6.61 Å². The molecule has 0 aromatic heterocycles. The summed E-state index contributed by atoms with van der Waals surface area (Å²) in [5, 5.41) is 19.1. The number of halogens is 1. The number of nitrogens with zero attached hydrogens (tertiary/aromatic N) is 1. The highest BCUT2D eigenvalue weighted by Crippen LogP contribution is 2.30. The van der Waals surface area contributed by atoms with Gasteiger partial charge in [-0.2, -0.15) is 5.26 Å². The van der Waals surface area contributed by atoms with Gasteiger partial charge in [0, 0.05) is 5.02 Å². The van der Waals surface area contributed by atoms with Gasteiger partial charge in [-0.05, 0) is 59.2 Å². The third kappa shape index (κ3) is 5.19. The van der Waals surface area contributed by atoms with Gasteiger partial charge in [0.25, 0.3) is 0 Å². The lowest BCUT2D eigenvalue weighted by molar-refractivity contribution is 0.0697. The lowest BCUT2D eigenvalue weighted by Crippen LogP contribution is -2.00. The summed E-state index contributed by atoms with van der Waals surface area (Å²) >= 11 is 5.91. The number of carboxylic acid groups (broad SMARTS) is 1. The van der Waals surface area contributed by atoms with E-state index >= 15 is 0 Å². The Hall–Kier alpha value is -3.75. The van der Waals surface area contributed by atoms with E-state index in [9.17, 15) is 10.1 Å². The van der Waals surface area contributed by atoms with E-state index < -0.39 is 5.97 Å². The second-order valence-corrected chi connectivity index (χ2v) is 6.81. The first-order valence-corrected chi connectivity index (χ1v) is 9.39. The number of methoxy groups -OCH3 is 1. The summed E-state index contributed by atoms with van der Waals surface area (Å²) in [6.45, 7) is 0.264. The topological polar surface area (TPSA) is 79.5 Å². The lowest BCUT2D eigenvalue weighted by Gasteiger charge is -2.12. The minimum absolute atomic E-state index is 0.224. The van der Waals surface area contributed by atoms with Crippen molar-refractivity contribution < 1.29 is 19.4 Å². The molecule has 0 amide bonds. The molecule has 0 aliphatic heterocycles. The molecule has 0 saturated heterocycles. The second kappa shape index (κ2) is 9.64. The van der Waals surface area contributed by atoms with E-state index in [1.165, 1.54) is 12.1 Å². The Morgan fingerprint density at radius 2 is 1.70 bits per heavy atom. The summed E-state index contributed by atoms with van der Waals surface area (Å²) in [5.74, 6) is 0.101. The Balaban J connectivity index is 1.78. The molecular formula is C24H18ClNO4. The van der Waals surface area contributed by atoms with Crippen LogP contribution in [0.15, 0.2) is 66.7 Å². The van der Waals surface area contributed by atoms with E-state index in [1.54, 1.807) is 61.7 Å². The molecule has 0 aliphatic rings. The molecule has 30 heavy (non-hydrogen) atoms. The van der Waals surface area contributed by atoms with Crippen molar-refractivity contribution in [3.63, 3.8) is 0 Å². The van der Waals surface area contributed by atoms with Gasteiger partial charge >= 0.3 is 5.97 Å². The third-order valence-corrected chi connectivity index (χ3v) is 4.62. The largest absolute Gasteiger partial charge is 0.493 e. The average Bonchev–Trinajstić information content (AvgIpc) is 2.77. The standard InChI is InChI=1S/C24H18ClNO4/c1-29-23-13-17(12-20(14-26)18-7-9-21(25)10-8-18)4-11-22(23)30-15-16-2-5-19(6-3-16)24(27)28/h2-13H,15H2,1H3,(H,27,28)/b20-12+. The third-order valence-electron chi connectivity index (χ3n) is 4.37. The molecule has 0 atom stereocenters. The fourth-order valence-corrected chi connectivity index (χ4v) is 2.90. The van der Waals surface area contributed by atoms with E-state index in [0.717, 1.165) is 16.7 Å². The highest BCUT2D eigenvalue weighted by molar-refractivity contribution is 6.30. The quantitative estimate of drug-likeness (QED) is 0.393. The van der Waals surface area contributed by atoms with Crippen LogP contribution < -0.4 is 9.47 Å². The Morgan fingerprint density at radius 1 is 1.03 bits per heavy atom. The van der Waals surface area contributed by atoms with Gasteiger partial charge in [0.1, 0.15) is 6.61 Å². The molecule has 6 heteroatoms. The van der Waals surface area contributed by atoms with Crippen LogP contribution in [-0.4, -0.2) is 18.2 Å². The Labute approximate surface area is 179 Å². The molecule has 3 aromatic rings. The molecular weight excluding hydrogens is 402 g/mol. The molecule has 150 valence electrons. The van der Waals surface area contributed by atoms with Gasteiger partial charge in [0.05, 0.1) is 24.3 Å². The molecule has 0 bridgehead atoms. The van der Waals surface area contributed by atoms with Gasteiger partial charge in [-0.3, -0.25) is 0 Å². The van der Waals surface area contributed by atoms with Crippen LogP contribution >= 0.6 is 11.6 Å². The second-order valence-electron chi connectivity index (χ2n) is 6.38. The van der Waals surface area contributed by atoms with Crippen molar-refractivity contribution in [3.8, 4) is 17.6 Å². The van der Waals surface area contributed by atoms with Crippen molar-refractivity contribution in [1.29, 1.82) is 5.26 Å². The van der Waals surface area contributed by atoms with Crippen LogP contribution in [0.2, 0.25) is 5.02 Å². The van der Waals surface area contributed by atoms with Crippen molar-refractivity contribution in [2.24, 2.45) is 0 Å². The maximum atomic E-state index is 10.9. The van der Waals surface area contributed by atoms with E-state index in [4.69, 9.17) is 26.2 Å². The molecule has 5 nitrogen and oxygen atoms in total. The molecule has 0 spiro atoms. The van der Waals surface area contributed by atoms with Crippen molar-refractivity contribution in [2.75, 3.05) is 7.11 Å². The van der Waals surface area contributed by atoms with Crippen LogP contribution in [0, 0.1) is 11.3 Å². The minimum atomic E-state index is -0.969.